The third kappa shape index (κ3) is 4.86. The molecule has 0 amide bonds. The molecule has 0 saturated heterocycles. The molecule has 1 heterocycles. The average Bonchev–Trinajstić information content (AvgIpc) is 2.81. The van der Waals surface area contributed by atoms with Crippen LogP contribution in [0.1, 0.15) is 30.5 Å². The Morgan fingerprint density at radius 1 is 1.41 bits per heavy atom. The topological polar surface area (TPSA) is 39.1 Å². The van der Waals surface area contributed by atoms with E-state index in [0.717, 1.165) is 31.1 Å². The van der Waals surface area contributed by atoms with Crippen LogP contribution in [-0.2, 0) is 6.54 Å². The lowest BCUT2D eigenvalue weighted by Crippen LogP contribution is -2.38. The summed E-state index contributed by atoms with van der Waals surface area (Å²) in [6, 6.07) is 6.56. The maximum absolute atomic E-state index is 8.74. The Hall–Kier alpha value is -0.890. The molecule has 3 nitrogen and oxygen atoms in total. The highest BCUT2D eigenvalue weighted by molar-refractivity contribution is 7.12. The molecule has 1 N–H and O–H groups in total. The van der Waals surface area contributed by atoms with E-state index in [1.807, 2.05) is 12.1 Å². The van der Waals surface area contributed by atoms with Crippen LogP contribution in [0.25, 0.3) is 0 Å². The quantitative estimate of drug-likeness (QED) is 0.809. The molecule has 0 saturated carbocycles. The minimum atomic E-state index is 0.475. The third-order valence-corrected chi connectivity index (χ3v) is 3.81. The Bertz CT molecular complexity index is 363. The zero-order chi connectivity index (χ0) is 12.7. The van der Waals surface area contributed by atoms with Gasteiger partial charge in [-0.3, -0.25) is 0 Å². The summed E-state index contributed by atoms with van der Waals surface area (Å²) in [5.41, 5.74) is 0. The van der Waals surface area contributed by atoms with Crippen LogP contribution in [0.4, 0.5) is 0 Å². The molecule has 0 radical (unpaired) electrons. The number of nitrogens with zero attached hydrogens (tertiary/aromatic N) is 2. The third-order valence-electron chi connectivity index (χ3n) is 2.82. The predicted octanol–water partition coefficient (Wildman–Crippen LogP) is 2.44. The summed E-state index contributed by atoms with van der Waals surface area (Å²) in [7, 11) is 0. The minimum Gasteiger partial charge on any atom is -0.308 e. The molecular formula is C13H21N3S. The molecule has 1 atom stereocenters. The van der Waals surface area contributed by atoms with E-state index in [1.54, 1.807) is 11.3 Å². The van der Waals surface area contributed by atoms with Gasteiger partial charge in [-0.05, 0) is 32.1 Å². The van der Waals surface area contributed by atoms with Crippen molar-refractivity contribution in [1.29, 1.82) is 5.26 Å². The molecule has 0 bridgehead atoms. The first-order valence-corrected chi connectivity index (χ1v) is 6.95. The molecule has 4 heteroatoms. The molecule has 0 aromatic carbocycles. The van der Waals surface area contributed by atoms with Crippen LogP contribution in [0.15, 0.2) is 12.1 Å². The highest BCUT2D eigenvalue weighted by atomic mass is 32.1. The number of likely N-dealkylation sites (N-methyl/N-ethyl adjacent to an activating group) is 1. The number of nitrogens with one attached hydrogen (secondary N) is 1. The molecular weight excluding hydrogens is 230 g/mol. The molecule has 1 unspecified atom stereocenters. The Kier molecular flexibility index (Phi) is 6.20. The first kappa shape index (κ1) is 14.2. The summed E-state index contributed by atoms with van der Waals surface area (Å²) in [6.45, 7) is 10.7. The molecule has 17 heavy (non-hydrogen) atoms. The van der Waals surface area contributed by atoms with E-state index in [-0.39, 0.29) is 0 Å². The van der Waals surface area contributed by atoms with Crippen molar-refractivity contribution in [2.75, 3.05) is 19.6 Å². The molecule has 0 spiro atoms. The lowest BCUT2D eigenvalue weighted by molar-refractivity contribution is 0.271. The monoisotopic (exact) mass is 251 g/mol. The summed E-state index contributed by atoms with van der Waals surface area (Å²) >= 11 is 1.57. The second kappa shape index (κ2) is 7.44. The molecule has 0 aliphatic rings. The van der Waals surface area contributed by atoms with E-state index in [4.69, 9.17) is 5.26 Å². The van der Waals surface area contributed by atoms with Crippen LogP contribution in [0, 0.1) is 11.3 Å². The van der Waals surface area contributed by atoms with Crippen molar-refractivity contribution in [3.63, 3.8) is 0 Å². The Morgan fingerprint density at radius 3 is 2.65 bits per heavy atom. The molecule has 0 fully saturated rings. The van der Waals surface area contributed by atoms with Gasteiger partial charge in [0.25, 0.3) is 0 Å². The number of rotatable bonds is 7. The van der Waals surface area contributed by atoms with Crippen molar-refractivity contribution in [3.05, 3.63) is 21.9 Å². The fraction of sp³-hybridized carbons (Fsp3) is 0.615. The van der Waals surface area contributed by atoms with E-state index in [9.17, 15) is 0 Å². The Labute approximate surface area is 108 Å². The van der Waals surface area contributed by atoms with Crippen LogP contribution in [0.2, 0.25) is 0 Å². The van der Waals surface area contributed by atoms with Crippen molar-refractivity contribution in [2.45, 2.75) is 33.4 Å². The Morgan fingerprint density at radius 2 is 2.12 bits per heavy atom. The Balaban J connectivity index is 2.32. The highest BCUT2D eigenvalue weighted by Crippen LogP contribution is 2.14. The van der Waals surface area contributed by atoms with E-state index in [1.165, 1.54) is 4.88 Å². The molecule has 0 aliphatic heterocycles. The normalized spacial score (nSPS) is 12.6. The number of hydrogen-bond donors (Lipinski definition) is 1. The highest BCUT2D eigenvalue weighted by Gasteiger charge is 2.07. The first-order chi connectivity index (χ1) is 8.19. The molecule has 0 aliphatic carbocycles. The van der Waals surface area contributed by atoms with Crippen LogP contribution >= 0.6 is 11.3 Å². The van der Waals surface area contributed by atoms with Gasteiger partial charge in [0.2, 0.25) is 0 Å². The maximum atomic E-state index is 8.74. The van der Waals surface area contributed by atoms with Gasteiger partial charge in [-0.1, -0.05) is 13.8 Å². The van der Waals surface area contributed by atoms with Crippen LogP contribution < -0.4 is 5.32 Å². The zero-order valence-corrected chi connectivity index (χ0v) is 11.7. The molecule has 1 aromatic heterocycles. The van der Waals surface area contributed by atoms with Crippen molar-refractivity contribution >= 4 is 11.3 Å². The van der Waals surface area contributed by atoms with Gasteiger partial charge in [0, 0.05) is 24.0 Å². The molecule has 1 aromatic rings. The predicted molar refractivity (Wildman–Crippen MR) is 73.1 cm³/mol. The van der Waals surface area contributed by atoms with E-state index >= 15 is 0 Å². The van der Waals surface area contributed by atoms with Gasteiger partial charge >= 0.3 is 0 Å². The smallest absolute Gasteiger partial charge is 0.110 e. The van der Waals surface area contributed by atoms with E-state index < -0.39 is 0 Å². The largest absolute Gasteiger partial charge is 0.308 e. The number of hydrogen-bond acceptors (Lipinski definition) is 4. The lowest BCUT2D eigenvalue weighted by Gasteiger charge is -2.23. The summed E-state index contributed by atoms with van der Waals surface area (Å²) in [5, 5.41) is 12.2. The van der Waals surface area contributed by atoms with E-state index in [2.05, 4.69) is 37.1 Å². The second-order valence-corrected chi connectivity index (χ2v) is 5.31. The first-order valence-electron chi connectivity index (χ1n) is 6.14. The van der Waals surface area contributed by atoms with Gasteiger partial charge < -0.3 is 10.2 Å². The lowest BCUT2D eigenvalue weighted by atomic mass is 10.3. The maximum Gasteiger partial charge on any atom is 0.110 e. The fourth-order valence-electron chi connectivity index (χ4n) is 1.74. The van der Waals surface area contributed by atoms with Gasteiger partial charge in [-0.25, -0.2) is 0 Å². The minimum absolute atomic E-state index is 0.475. The van der Waals surface area contributed by atoms with Crippen LogP contribution in [-0.4, -0.2) is 30.6 Å². The fourth-order valence-corrected chi connectivity index (χ4v) is 2.50. The van der Waals surface area contributed by atoms with E-state index in [0.29, 0.717) is 6.04 Å². The van der Waals surface area contributed by atoms with Gasteiger partial charge in [0.15, 0.2) is 0 Å². The van der Waals surface area contributed by atoms with Crippen LogP contribution in [0.5, 0.6) is 0 Å². The van der Waals surface area contributed by atoms with Gasteiger partial charge in [-0.15, -0.1) is 11.3 Å². The summed E-state index contributed by atoms with van der Waals surface area (Å²) in [5.74, 6) is 0. The van der Waals surface area contributed by atoms with Crippen molar-refractivity contribution in [3.8, 4) is 6.07 Å². The van der Waals surface area contributed by atoms with Crippen LogP contribution in [0.3, 0.4) is 0 Å². The number of nitriles is 1. The SMILES string of the molecule is CCN(CC)CC(C)NCc1ccc(C#N)s1. The second-order valence-electron chi connectivity index (χ2n) is 4.15. The van der Waals surface area contributed by atoms with Crippen molar-refractivity contribution < 1.29 is 0 Å². The molecule has 94 valence electrons. The van der Waals surface area contributed by atoms with Gasteiger partial charge in [-0.2, -0.15) is 5.26 Å². The molecule has 1 rings (SSSR count). The number of thiophene rings is 1. The average molecular weight is 251 g/mol. The standard InChI is InChI=1S/C13H21N3S/c1-4-16(5-2)10-11(3)15-9-13-7-6-12(8-14)17-13/h6-7,11,15H,4-5,9-10H2,1-3H3. The van der Waals surface area contributed by atoms with Gasteiger partial charge in [0.1, 0.15) is 10.9 Å². The van der Waals surface area contributed by atoms with Crippen molar-refractivity contribution in [2.24, 2.45) is 0 Å². The zero-order valence-electron chi connectivity index (χ0n) is 10.9. The summed E-state index contributed by atoms with van der Waals surface area (Å²) in [4.78, 5) is 4.43. The van der Waals surface area contributed by atoms with Crippen molar-refractivity contribution in [1.82, 2.24) is 10.2 Å². The van der Waals surface area contributed by atoms with Gasteiger partial charge in [0.05, 0.1) is 0 Å². The summed E-state index contributed by atoms with van der Waals surface area (Å²) < 4.78 is 0. The summed E-state index contributed by atoms with van der Waals surface area (Å²) in [6.07, 6.45) is 0.